The van der Waals surface area contributed by atoms with Gasteiger partial charge in [-0.3, -0.25) is 4.79 Å². The number of rotatable bonds is 5. The van der Waals surface area contributed by atoms with Crippen molar-refractivity contribution in [1.82, 2.24) is 9.55 Å². The number of anilines is 1. The van der Waals surface area contributed by atoms with Crippen molar-refractivity contribution < 1.29 is 9.90 Å². The molecule has 0 bridgehead atoms. The molecule has 0 spiro atoms. The zero-order chi connectivity index (χ0) is 17.2. The molecule has 5 nitrogen and oxygen atoms in total. The Labute approximate surface area is 137 Å². The van der Waals surface area contributed by atoms with Crippen molar-refractivity contribution in [3.63, 3.8) is 0 Å². The molecule has 5 heteroatoms. The van der Waals surface area contributed by atoms with Crippen molar-refractivity contribution in [3.05, 3.63) is 42.0 Å². The Morgan fingerprint density at radius 3 is 2.39 bits per heavy atom. The summed E-state index contributed by atoms with van der Waals surface area (Å²) >= 11 is 0. The lowest BCUT2D eigenvalue weighted by atomic mass is 9.93. The van der Waals surface area contributed by atoms with Crippen LogP contribution in [-0.4, -0.2) is 26.2 Å². The number of benzene rings is 1. The molecular weight excluding hydrogens is 290 g/mol. The molecule has 1 amide bonds. The van der Waals surface area contributed by atoms with Gasteiger partial charge in [-0.1, -0.05) is 13.8 Å². The molecule has 0 saturated carbocycles. The van der Waals surface area contributed by atoms with Gasteiger partial charge in [-0.25, -0.2) is 4.98 Å². The van der Waals surface area contributed by atoms with Gasteiger partial charge >= 0.3 is 0 Å². The van der Waals surface area contributed by atoms with Gasteiger partial charge in [0.05, 0.1) is 12.0 Å². The molecule has 0 saturated heterocycles. The lowest BCUT2D eigenvalue weighted by molar-refractivity contribution is -0.133. The third-order valence-corrected chi connectivity index (χ3v) is 3.95. The van der Waals surface area contributed by atoms with Crippen molar-refractivity contribution in [3.8, 4) is 5.69 Å². The molecule has 0 aliphatic carbocycles. The number of carbonyl (C=O) groups excluding carboxylic acids is 1. The van der Waals surface area contributed by atoms with Gasteiger partial charge in [-0.15, -0.1) is 0 Å². The van der Waals surface area contributed by atoms with Crippen molar-refractivity contribution in [2.45, 2.75) is 46.6 Å². The van der Waals surface area contributed by atoms with Crippen LogP contribution in [0, 0.1) is 19.8 Å². The van der Waals surface area contributed by atoms with E-state index in [1.165, 1.54) is 0 Å². The summed E-state index contributed by atoms with van der Waals surface area (Å²) in [5.41, 5.74) is 2.35. The summed E-state index contributed by atoms with van der Waals surface area (Å²) < 4.78 is 2.00. The second-order valence-electron chi connectivity index (χ2n) is 6.66. The van der Waals surface area contributed by atoms with Crippen LogP contribution in [-0.2, 0) is 4.79 Å². The lowest BCUT2D eigenvalue weighted by Crippen LogP contribution is -2.41. The number of nitrogens with one attached hydrogen (secondary N) is 1. The molecule has 0 fully saturated rings. The standard InChI is InChI=1S/C18H25N3O2/c1-12(2)10-18(5,23)17(22)20-15-6-8-16(9-7-15)21-11-19-13(3)14(21)4/h6-9,11-12,23H,10H2,1-5H3,(H,20,22). The fraction of sp³-hybridized carbons (Fsp3) is 0.444. The van der Waals surface area contributed by atoms with Crippen LogP contribution < -0.4 is 5.32 Å². The first-order chi connectivity index (χ1) is 10.7. The highest BCUT2D eigenvalue weighted by atomic mass is 16.3. The van der Waals surface area contributed by atoms with E-state index in [0.717, 1.165) is 17.1 Å². The topological polar surface area (TPSA) is 67.2 Å². The lowest BCUT2D eigenvalue weighted by Gasteiger charge is -2.24. The summed E-state index contributed by atoms with van der Waals surface area (Å²) in [6, 6.07) is 7.49. The number of amides is 1. The maximum absolute atomic E-state index is 12.2. The van der Waals surface area contributed by atoms with Gasteiger partial charge in [0.15, 0.2) is 0 Å². The molecule has 0 aliphatic rings. The van der Waals surface area contributed by atoms with Gasteiger partial charge in [0, 0.05) is 17.1 Å². The molecule has 2 rings (SSSR count). The first-order valence-corrected chi connectivity index (χ1v) is 7.85. The van der Waals surface area contributed by atoms with Crippen molar-refractivity contribution in [2.75, 3.05) is 5.32 Å². The number of hydrogen-bond acceptors (Lipinski definition) is 3. The Bertz CT molecular complexity index is 685. The summed E-state index contributed by atoms with van der Waals surface area (Å²) in [6.07, 6.45) is 2.20. The van der Waals surface area contributed by atoms with Crippen LogP contribution in [0.2, 0.25) is 0 Å². The van der Waals surface area contributed by atoms with Crippen LogP contribution in [0.1, 0.15) is 38.6 Å². The van der Waals surface area contributed by atoms with Gasteiger partial charge in [0.25, 0.3) is 5.91 Å². The molecule has 0 aliphatic heterocycles. The van der Waals surface area contributed by atoms with E-state index in [9.17, 15) is 9.90 Å². The molecule has 23 heavy (non-hydrogen) atoms. The minimum absolute atomic E-state index is 0.241. The Balaban J connectivity index is 2.11. The zero-order valence-corrected chi connectivity index (χ0v) is 14.4. The molecule has 124 valence electrons. The van der Waals surface area contributed by atoms with Crippen molar-refractivity contribution >= 4 is 11.6 Å². The Morgan fingerprint density at radius 1 is 1.30 bits per heavy atom. The highest BCUT2D eigenvalue weighted by molar-refractivity contribution is 5.96. The smallest absolute Gasteiger partial charge is 0.256 e. The third kappa shape index (κ3) is 3.99. The Kier molecular flexibility index (Phi) is 4.90. The average Bonchev–Trinajstić information content (AvgIpc) is 2.78. The maximum Gasteiger partial charge on any atom is 0.256 e. The van der Waals surface area contributed by atoms with E-state index < -0.39 is 5.60 Å². The monoisotopic (exact) mass is 315 g/mol. The van der Waals surface area contributed by atoms with Crippen LogP contribution in [0.5, 0.6) is 0 Å². The normalized spacial score (nSPS) is 13.9. The number of hydrogen-bond donors (Lipinski definition) is 2. The molecule has 2 N–H and O–H groups in total. The van der Waals surface area contributed by atoms with Crippen molar-refractivity contribution in [1.29, 1.82) is 0 Å². The molecule has 1 unspecified atom stereocenters. The third-order valence-electron chi connectivity index (χ3n) is 3.95. The summed E-state index contributed by atoms with van der Waals surface area (Å²) in [4.78, 5) is 16.5. The molecule has 1 aromatic carbocycles. The van der Waals surface area contributed by atoms with Crippen molar-refractivity contribution in [2.24, 2.45) is 5.92 Å². The van der Waals surface area contributed by atoms with E-state index >= 15 is 0 Å². The van der Waals surface area contributed by atoms with E-state index in [-0.39, 0.29) is 11.8 Å². The fourth-order valence-electron chi connectivity index (χ4n) is 2.62. The van der Waals surface area contributed by atoms with Gasteiger partial charge in [0.1, 0.15) is 5.60 Å². The molecule has 1 heterocycles. The predicted octanol–water partition coefficient (Wildman–Crippen LogP) is 3.22. The first-order valence-electron chi connectivity index (χ1n) is 7.85. The van der Waals surface area contributed by atoms with Gasteiger partial charge < -0.3 is 15.0 Å². The van der Waals surface area contributed by atoms with Crippen LogP contribution in [0.3, 0.4) is 0 Å². The number of aliphatic hydroxyl groups is 1. The van der Waals surface area contributed by atoms with Gasteiger partial charge in [0.2, 0.25) is 0 Å². The summed E-state index contributed by atoms with van der Waals surface area (Å²) in [5.74, 6) is -0.140. The number of aryl methyl sites for hydroxylation is 1. The Morgan fingerprint density at radius 2 is 1.91 bits per heavy atom. The number of aromatic nitrogens is 2. The van der Waals surface area contributed by atoms with E-state index in [0.29, 0.717) is 12.1 Å². The average molecular weight is 315 g/mol. The van der Waals surface area contributed by atoms with E-state index in [1.807, 2.05) is 56.5 Å². The molecule has 0 radical (unpaired) electrons. The maximum atomic E-state index is 12.2. The van der Waals surface area contributed by atoms with Crippen LogP contribution in [0.25, 0.3) is 5.69 Å². The highest BCUT2D eigenvalue weighted by Gasteiger charge is 2.30. The minimum atomic E-state index is -1.37. The molecule has 2 aromatic rings. The molecular formula is C18H25N3O2. The fourth-order valence-corrected chi connectivity index (χ4v) is 2.62. The zero-order valence-electron chi connectivity index (χ0n) is 14.4. The largest absolute Gasteiger partial charge is 0.380 e. The van der Waals surface area contributed by atoms with Gasteiger partial charge in [-0.05, 0) is 57.4 Å². The number of imidazole rings is 1. The van der Waals surface area contributed by atoms with Crippen LogP contribution >= 0.6 is 0 Å². The first kappa shape index (κ1) is 17.2. The van der Waals surface area contributed by atoms with Crippen LogP contribution in [0.4, 0.5) is 5.69 Å². The second kappa shape index (κ2) is 6.54. The number of carbonyl (C=O) groups is 1. The highest BCUT2D eigenvalue weighted by Crippen LogP contribution is 2.20. The Hall–Kier alpha value is -2.14. The van der Waals surface area contributed by atoms with Crippen LogP contribution in [0.15, 0.2) is 30.6 Å². The summed E-state index contributed by atoms with van der Waals surface area (Å²) in [6.45, 7) is 9.49. The van der Waals surface area contributed by atoms with E-state index in [2.05, 4.69) is 10.3 Å². The predicted molar refractivity (Wildman–Crippen MR) is 91.7 cm³/mol. The molecule has 1 aromatic heterocycles. The van der Waals surface area contributed by atoms with E-state index in [1.54, 1.807) is 13.3 Å². The quantitative estimate of drug-likeness (QED) is 0.890. The SMILES string of the molecule is Cc1ncn(-c2ccc(NC(=O)C(C)(O)CC(C)C)cc2)c1C. The van der Waals surface area contributed by atoms with Gasteiger partial charge in [-0.2, -0.15) is 0 Å². The molecule has 1 atom stereocenters. The minimum Gasteiger partial charge on any atom is -0.380 e. The summed E-state index contributed by atoms with van der Waals surface area (Å²) in [5, 5.41) is 13.0. The summed E-state index contributed by atoms with van der Waals surface area (Å²) in [7, 11) is 0. The van der Waals surface area contributed by atoms with E-state index in [4.69, 9.17) is 0 Å². The second-order valence-corrected chi connectivity index (χ2v) is 6.66. The number of nitrogens with zero attached hydrogens (tertiary/aromatic N) is 2.